The van der Waals surface area contributed by atoms with Crippen LogP contribution in [0.15, 0.2) is 54.6 Å². The van der Waals surface area contributed by atoms with Gasteiger partial charge in [-0.1, -0.05) is 42.5 Å². The van der Waals surface area contributed by atoms with Crippen molar-refractivity contribution in [2.45, 2.75) is 25.2 Å². The van der Waals surface area contributed by atoms with Crippen LogP contribution in [0.3, 0.4) is 0 Å². The second-order valence-corrected chi connectivity index (χ2v) is 5.20. The highest BCUT2D eigenvalue weighted by molar-refractivity contribution is 5.89. The molecule has 0 aromatic heterocycles. The Morgan fingerprint density at radius 2 is 1.60 bits per heavy atom. The normalized spacial score (nSPS) is 20.4. The van der Waals surface area contributed by atoms with E-state index in [0.717, 1.165) is 0 Å². The maximum atomic E-state index is 11.6. The number of rotatable bonds is 4. The van der Waals surface area contributed by atoms with Gasteiger partial charge in [0.15, 0.2) is 0 Å². The van der Waals surface area contributed by atoms with Gasteiger partial charge in [-0.05, 0) is 48.4 Å². The first-order valence-corrected chi connectivity index (χ1v) is 7.11. The zero-order chi connectivity index (χ0) is 13.9. The van der Waals surface area contributed by atoms with Crippen LogP contribution in [0, 0.1) is 0 Å². The van der Waals surface area contributed by atoms with Crippen molar-refractivity contribution in [3.63, 3.8) is 0 Å². The molecule has 1 aliphatic carbocycles. The minimum Gasteiger partial charge on any atom is -0.462 e. The molecule has 1 saturated carbocycles. The maximum Gasteiger partial charge on any atom is 0.338 e. The average molecular weight is 266 g/mol. The van der Waals surface area contributed by atoms with E-state index < -0.39 is 0 Å². The van der Waals surface area contributed by atoms with Crippen LogP contribution in [0.25, 0.3) is 0 Å². The summed E-state index contributed by atoms with van der Waals surface area (Å²) in [6.07, 6.45) is 1.20. The fourth-order valence-corrected chi connectivity index (χ4v) is 2.71. The van der Waals surface area contributed by atoms with Crippen LogP contribution in [0.2, 0.25) is 0 Å². The van der Waals surface area contributed by atoms with Gasteiger partial charge in [-0.2, -0.15) is 0 Å². The molecule has 3 rings (SSSR count). The van der Waals surface area contributed by atoms with Gasteiger partial charge in [-0.15, -0.1) is 0 Å². The molecule has 1 aliphatic rings. The predicted molar refractivity (Wildman–Crippen MR) is 78.9 cm³/mol. The summed E-state index contributed by atoms with van der Waals surface area (Å²) >= 11 is 0. The predicted octanol–water partition coefficient (Wildman–Crippen LogP) is 4.13. The minimum absolute atomic E-state index is 0.241. The number of ether oxygens (including phenoxy) is 1. The molecule has 2 nitrogen and oxygen atoms in total. The third-order valence-electron chi connectivity index (χ3n) is 3.87. The SMILES string of the molecule is CCOC(=O)c1ccc(C2CC2c2ccccc2)cc1. The van der Waals surface area contributed by atoms with E-state index in [1.165, 1.54) is 17.5 Å². The molecule has 0 bridgehead atoms. The summed E-state index contributed by atoms with van der Waals surface area (Å²) in [6, 6.07) is 18.5. The Balaban J connectivity index is 1.70. The molecule has 0 N–H and O–H groups in total. The van der Waals surface area contributed by atoms with Crippen molar-refractivity contribution in [1.82, 2.24) is 0 Å². The fraction of sp³-hybridized carbons (Fsp3) is 0.278. The molecule has 2 atom stereocenters. The number of carbonyl (C=O) groups excluding carboxylic acids is 1. The topological polar surface area (TPSA) is 26.3 Å². The largest absolute Gasteiger partial charge is 0.462 e. The van der Waals surface area contributed by atoms with Crippen molar-refractivity contribution in [1.29, 1.82) is 0 Å². The molecule has 0 saturated heterocycles. The molecular formula is C18H18O2. The molecule has 0 amide bonds. The van der Waals surface area contributed by atoms with E-state index in [9.17, 15) is 4.79 Å². The maximum absolute atomic E-state index is 11.6. The highest BCUT2D eigenvalue weighted by atomic mass is 16.5. The number of benzene rings is 2. The first kappa shape index (κ1) is 12.9. The molecular weight excluding hydrogens is 248 g/mol. The average Bonchev–Trinajstić information content (AvgIpc) is 3.29. The zero-order valence-corrected chi connectivity index (χ0v) is 11.6. The van der Waals surface area contributed by atoms with Crippen LogP contribution in [-0.2, 0) is 4.74 Å². The van der Waals surface area contributed by atoms with E-state index in [2.05, 4.69) is 42.5 Å². The summed E-state index contributed by atoms with van der Waals surface area (Å²) < 4.78 is 5.00. The molecule has 20 heavy (non-hydrogen) atoms. The second-order valence-electron chi connectivity index (χ2n) is 5.20. The van der Waals surface area contributed by atoms with Gasteiger partial charge in [0.25, 0.3) is 0 Å². The summed E-state index contributed by atoms with van der Waals surface area (Å²) in [5.74, 6) is 0.979. The van der Waals surface area contributed by atoms with Gasteiger partial charge in [0.2, 0.25) is 0 Å². The molecule has 0 aliphatic heterocycles. The van der Waals surface area contributed by atoms with Gasteiger partial charge < -0.3 is 4.74 Å². The quantitative estimate of drug-likeness (QED) is 0.778. The lowest BCUT2D eigenvalue weighted by Gasteiger charge is -2.04. The van der Waals surface area contributed by atoms with Crippen molar-refractivity contribution in [3.8, 4) is 0 Å². The van der Waals surface area contributed by atoms with Gasteiger partial charge >= 0.3 is 5.97 Å². The lowest BCUT2D eigenvalue weighted by Crippen LogP contribution is -2.04. The van der Waals surface area contributed by atoms with E-state index in [1.54, 1.807) is 0 Å². The van der Waals surface area contributed by atoms with E-state index in [0.29, 0.717) is 24.0 Å². The van der Waals surface area contributed by atoms with Crippen molar-refractivity contribution >= 4 is 5.97 Å². The lowest BCUT2D eigenvalue weighted by atomic mass is 10.0. The second kappa shape index (κ2) is 5.49. The Labute approximate surface area is 119 Å². The van der Waals surface area contributed by atoms with Crippen LogP contribution in [0.5, 0.6) is 0 Å². The summed E-state index contributed by atoms with van der Waals surface area (Å²) in [7, 11) is 0. The molecule has 102 valence electrons. The molecule has 2 unspecified atom stereocenters. The van der Waals surface area contributed by atoms with E-state index in [1.807, 2.05) is 19.1 Å². The number of hydrogen-bond acceptors (Lipinski definition) is 2. The van der Waals surface area contributed by atoms with Crippen LogP contribution in [0.4, 0.5) is 0 Å². The third-order valence-corrected chi connectivity index (χ3v) is 3.87. The van der Waals surface area contributed by atoms with Crippen molar-refractivity contribution in [2.75, 3.05) is 6.61 Å². The standard InChI is InChI=1S/C18H18O2/c1-2-20-18(19)15-10-8-14(9-11-15)17-12-16(17)13-6-4-3-5-7-13/h3-11,16-17H,2,12H2,1H3. The molecule has 2 heteroatoms. The Bertz CT molecular complexity index is 587. The van der Waals surface area contributed by atoms with Crippen LogP contribution in [-0.4, -0.2) is 12.6 Å². The molecule has 1 fully saturated rings. The Morgan fingerprint density at radius 1 is 1.00 bits per heavy atom. The third kappa shape index (κ3) is 2.60. The minimum atomic E-state index is -0.241. The first-order chi connectivity index (χ1) is 9.79. The summed E-state index contributed by atoms with van der Waals surface area (Å²) in [5, 5.41) is 0. The Morgan fingerprint density at radius 3 is 2.20 bits per heavy atom. The van der Waals surface area contributed by atoms with Crippen molar-refractivity contribution < 1.29 is 9.53 Å². The smallest absolute Gasteiger partial charge is 0.338 e. The highest BCUT2D eigenvalue weighted by Crippen LogP contribution is 2.54. The van der Waals surface area contributed by atoms with Gasteiger partial charge in [0.05, 0.1) is 12.2 Å². The first-order valence-electron chi connectivity index (χ1n) is 7.11. The van der Waals surface area contributed by atoms with Gasteiger partial charge in [-0.3, -0.25) is 0 Å². The fourth-order valence-electron chi connectivity index (χ4n) is 2.71. The molecule has 2 aromatic rings. The summed E-state index contributed by atoms with van der Waals surface area (Å²) in [4.78, 5) is 11.6. The van der Waals surface area contributed by atoms with E-state index in [4.69, 9.17) is 4.74 Å². The Hall–Kier alpha value is -2.09. The van der Waals surface area contributed by atoms with E-state index in [-0.39, 0.29) is 5.97 Å². The molecule has 0 heterocycles. The zero-order valence-electron chi connectivity index (χ0n) is 11.6. The lowest BCUT2D eigenvalue weighted by molar-refractivity contribution is 0.0526. The number of carbonyl (C=O) groups is 1. The van der Waals surface area contributed by atoms with Crippen LogP contribution >= 0.6 is 0 Å². The number of esters is 1. The Kier molecular flexibility index (Phi) is 3.55. The van der Waals surface area contributed by atoms with Gasteiger partial charge in [-0.25, -0.2) is 4.79 Å². The van der Waals surface area contributed by atoms with Crippen LogP contribution < -0.4 is 0 Å². The van der Waals surface area contributed by atoms with Crippen LogP contribution in [0.1, 0.15) is 46.7 Å². The highest BCUT2D eigenvalue weighted by Gasteiger charge is 2.39. The summed E-state index contributed by atoms with van der Waals surface area (Å²) in [5.41, 5.74) is 3.35. The molecule has 0 radical (unpaired) electrons. The van der Waals surface area contributed by atoms with Gasteiger partial charge in [0, 0.05) is 0 Å². The van der Waals surface area contributed by atoms with Crippen molar-refractivity contribution in [2.24, 2.45) is 0 Å². The summed E-state index contributed by atoms with van der Waals surface area (Å²) in [6.45, 7) is 2.24. The van der Waals surface area contributed by atoms with Gasteiger partial charge in [0.1, 0.15) is 0 Å². The molecule has 2 aromatic carbocycles. The monoisotopic (exact) mass is 266 g/mol. The number of hydrogen-bond donors (Lipinski definition) is 0. The molecule has 0 spiro atoms. The van der Waals surface area contributed by atoms with Crippen molar-refractivity contribution in [3.05, 3.63) is 71.3 Å². The van der Waals surface area contributed by atoms with E-state index >= 15 is 0 Å².